The summed E-state index contributed by atoms with van der Waals surface area (Å²) in [6.45, 7) is 0. The van der Waals surface area contributed by atoms with Crippen LogP contribution in [0.15, 0.2) is 121 Å². The maximum absolute atomic E-state index is 2.45. The molecule has 41 heavy (non-hydrogen) atoms. The minimum Gasteiger partial charge on any atom is -0.0622 e. The summed E-state index contributed by atoms with van der Waals surface area (Å²) < 4.78 is 0. The highest BCUT2D eigenvalue weighted by atomic mass is 31.1. The molecule has 4 aromatic rings. The molecule has 212 valence electrons. The van der Waals surface area contributed by atoms with E-state index in [9.17, 15) is 0 Å². The molecule has 2 saturated carbocycles. The standard InChI is InChI=1S/C39H46P2/c1-7-19-32(20-8-1)38(40(34-23-11-3-12-24-34)35-25-13-4-14-26-35)31-39(33-21-9-2-10-22-33)41(36-27-15-5-16-28-36)37-29-17-6-18-30-37/h3-6,11-18,23-30,32-33,38-39H,1-2,7-10,19-22,31H2. The van der Waals surface area contributed by atoms with E-state index in [1.165, 1.54) is 70.6 Å². The lowest BCUT2D eigenvalue weighted by atomic mass is 9.81. The fourth-order valence-electron chi connectivity index (χ4n) is 7.72. The van der Waals surface area contributed by atoms with Crippen LogP contribution >= 0.6 is 15.8 Å². The molecule has 2 aliphatic rings. The molecule has 0 nitrogen and oxygen atoms in total. The molecule has 0 aromatic heterocycles. The maximum Gasteiger partial charge on any atom is -0.00941 e. The van der Waals surface area contributed by atoms with E-state index in [1.54, 1.807) is 21.2 Å². The van der Waals surface area contributed by atoms with Gasteiger partial charge in [-0.15, -0.1) is 0 Å². The van der Waals surface area contributed by atoms with Crippen molar-refractivity contribution in [2.75, 3.05) is 0 Å². The highest BCUT2D eigenvalue weighted by Gasteiger charge is 2.40. The predicted molar refractivity (Wildman–Crippen MR) is 183 cm³/mol. The Kier molecular flexibility index (Phi) is 10.4. The molecule has 0 radical (unpaired) electrons. The van der Waals surface area contributed by atoms with Crippen LogP contribution in [-0.2, 0) is 0 Å². The van der Waals surface area contributed by atoms with Crippen molar-refractivity contribution in [1.82, 2.24) is 0 Å². The molecule has 0 N–H and O–H groups in total. The molecular weight excluding hydrogens is 530 g/mol. The monoisotopic (exact) mass is 576 g/mol. The van der Waals surface area contributed by atoms with Crippen LogP contribution in [0.2, 0.25) is 0 Å². The number of rotatable bonds is 10. The van der Waals surface area contributed by atoms with Crippen LogP contribution in [0.25, 0.3) is 0 Å². The highest BCUT2D eigenvalue weighted by Crippen LogP contribution is 2.55. The Hall–Kier alpha value is -2.26. The van der Waals surface area contributed by atoms with Crippen molar-refractivity contribution in [3.63, 3.8) is 0 Å². The minimum atomic E-state index is -0.443. The average Bonchev–Trinajstić information content (AvgIpc) is 3.07. The Balaban J connectivity index is 1.48. The summed E-state index contributed by atoms with van der Waals surface area (Å²) in [4.78, 5) is 0. The first-order chi connectivity index (χ1) is 20.4. The Labute approximate surface area is 251 Å². The molecular formula is C39H46P2. The Morgan fingerprint density at radius 2 is 0.659 bits per heavy atom. The lowest BCUT2D eigenvalue weighted by molar-refractivity contribution is 0.301. The van der Waals surface area contributed by atoms with Gasteiger partial charge in [0.15, 0.2) is 0 Å². The van der Waals surface area contributed by atoms with E-state index in [0.717, 1.165) is 23.2 Å². The first-order valence-corrected chi connectivity index (χ1v) is 19.0. The smallest absolute Gasteiger partial charge is 0.00941 e. The van der Waals surface area contributed by atoms with Gasteiger partial charge in [0.25, 0.3) is 0 Å². The molecule has 0 saturated heterocycles. The molecule has 6 rings (SSSR count). The Morgan fingerprint density at radius 3 is 0.927 bits per heavy atom. The van der Waals surface area contributed by atoms with Gasteiger partial charge in [-0.3, -0.25) is 0 Å². The van der Waals surface area contributed by atoms with Crippen molar-refractivity contribution in [1.29, 1.82) is 0 Å². The van der Waals surface area contributed by atoms with Gasteiger partial charge < -0.3 is 0 Å². The van der Waals surface area contributed by atoms with Crippen LogP contribution in [0.4, 0.5) is 0 Å². The molecule has 0 heterocycles. The molecule has 0 spiro atoms. The maximum atomic E-state index is 2.45. The van der Waals surface area contributed by atoms with Crippen molar-refractivity contribution in [3.8, 4) is 0 Å². The lowest BCUT2D eigenvalue weighted by Crippen LogP contribution is -2.37. The van der Waals surface area contributed by atoms with Crippen molar-refractivity contribution in [2.45, 2.75) is 81.9 Å². The molecule has 0 amide bonds. The second-order valence-corrected chi connectivity index (χ2v) is 17.1. The number of hydrogen-bond donors (Lipinski definition) is 0. The average molecular weight is 577 g/mol. The van der Waals surface area contributed by atoms with Crippen LogP contribution in [-0.4, -0.2) is 11.3 Å². The third-order valence-corrected chi connectivity index (χ3v) is 15.7. The number of hydrogen-bond acceptors (Lipinski definition) is 0. The van der Waals surface area contributed by atoms with Gasteiger partial charge in [0.2, 0.25) is 0 Å². The van der Waals surface area contributed by atoms with Crippen LogP contribution in [0.1, 0.15) is 70.6 Å². The van der Waals surface area contributed by atoms with Crippen molar-refractivity contribution in [3.05, 3.63) is 121 Å². The highest BCUT2D eigenvalue weighted by molar-refractivity contribution is 7.74. The zero-order valence-corrected chi connectivity index (χ0v) is 26.3. The van der Waals surface area contributed by atoms with Gasteiger partial charge in [0, 0.05) is 0 Å². The quantitative estimate of drug-likeness (QED) is 0.165. The summed E-state index contributed by atoms with van der Waals surface area (Å²) in [6, 6.07) is 46.6. The largest absolute Gasteiger partial charge is 0.0622 e. The van der Waals surface area contributed by atoms with E-state index in [-0.39, 0.29) is 0 Å². The molecule has 2 atom stereocenters. The predicted octanol–water partition coefficient (Wildman–Crippen LogP) is 9.54. The summed E-state index contributed by atoms with van der Waals surface area (Å²) in [7, 11) is -0.886. The third kappa shape index (κ3) is 7.22. The minimum absolute atomic E-state index is 0.443. The number of benzene rings is 4. The second kappa shape index (κ2) is 14.8. The SMILES string of the molecule is c1ccc(P(c2ccccc2)C(CC(C2CCCCC2)P(c2ccccc2)c2ccccc2)C2CCCCC2)cc1. The first-order valence-electron chi connectivity index (χ1n) is 16.2. The third-order valence-electron chi connectivity index (χ3n) is 9.67. The van der Waals surface area contributed by atoms with Gasteiger partial charge in [-0.25, -0.2) is 0 Å². The van der Waals surface area contributed by atoms with Gasteiger partial charge in [-0.1, -0.05) is 160 Å². The summed E-state index contributed by atoms with van der Waals surface area (Å²) in [5.41, 5.74) is 1.44. The molecule has 2 fully saturated rings. The van der Waals surface area contributed by atoms with Crippen LogP contribution < -0.4 is 21.2 Å². The van der Waals surface area contributed by atoms with E-state index in [1.807, 2.05) is 0 Å². The van der Waals surface area contributed by atoms with Crippen molar-refractivity contribution < 1.29 is 0 Å². The zero-order valence-electron chi connectivity index (χ0n) is 24.5. The summed E-state index contributed by atoms with van der Waals surface area (Å²) in [5.74, 6) is 1.65. The molecule has 2 heteroatoms. The van der Waals surface area contributed by atoms with E-state index in [0.29, 0.717) is 0 Å². The first kappa shape index (κ1) is 28.8. The van der Waals surface area contributed by atoms with Gasteiger partial charge in [-0.05, 0) is 92.3 Å². The van der Waals surface area contributed by atoms with Gasteiger partial charge in [0.05, 0.1) is 0 Å². The fraction of sp³-hybridized carbons (Fsp3) is 0.385. The van der Waals surface area contributed by atoms with E-state index < -0.39 is 15.8 Å². The van der Waals surface area contributed by atoms with Gasteiger partial charge >= 0.3 is 0 Å². The lowest BCUT2D eigenvalue weighted by Gasteiger charge is -2.44. The normalized spacial score (nSPS) is 18.4. The summed E-state index contributed by atoms with van der Waals surface area (Å²) in [5, 5.41) is 6.32. The summed E-state index contributed by atoms with van der Waals surface area (Å²) >= 11 is 0. The molecule has 2 unspecified atom stereocenters. The van der Waals surface area contributed by atoms with E-state index in [2.05, 4.69) is 121 Å². The van der Waals surface area contributed by atoms with E-state index in [4.69, 9.17) is 0 Å². The van der Waals surface area contributed by atoms with Crippen LogP contribution in [0.5, 0.6) is 0 Å². The van der Waals surface area contributed by atoms with Crippen LogP contribution in [0.3, 0.4) is 0 Å². The van der Waals surface area contributed by atoms with Crippen LogP contribution in [0, 0.1) is 11.8 Å². The Morgan fingerprint density at radius 1 is 0.390 bits per heavy atom. The van der Waals surface area contributed by atoms with Gasteiger partial charge in [-0.2, -0.15) is 0 Å². The van der Waals surface area contributed by atoms with Crippen molar-refractivity contribution >= 4 is 37.1 Å². The summed E-state index contributed by atoms with van der Waals surface area (Å²) in [6.07, 6.45) is 15.5. The topological polar surface area (TPSA) is 0 Å². The second-order valence-electron chi connectivity index (χ2n) is 12.2. The van der Waals surface area contributed by atoms with Gasteiger partial charge in [0.1, 0.15) is 0 Å². The molecule has 0 aliphatic heterocycles. The molecule has 2 aliphatic carbocycles. The fourth-order valence-corrected chi connectivity index (χ4v) is 14.3. The molecule has 4 aromatic carbocycles. The Bertz CT molecular complexity index is 1100. The zero-order chi connectivity index (χ0) is 27.7. The van der Waals surface area contributed by atoms with E-state index >= 15 is 0 Å². The molecule has 0 bridgehead atoms. The van der Waals surface area contributed by atoms with Crippen molar-refractivity contribution in [2.24, 2.45) is 11.8 Å².